The van der Waals surface area contributed by atoms with Gasteiger partial charge >= 0.3 is 5.82 Å². The van der Waals surface area contributed by atoms with Crippen molar-refractivity contribution in [1.29, 1.82) is 0 Å². The number of nitrogens with zero attached hydrogens (tertiary/aromatic N) is 3. The highest BCUT2D eigenvalue weighted by Crippen LogP contribution is 2.26. The maximum Gasteiger partial charge on any atom is 0.357 e. The van der Waals surface area contributed by atoms with Gasteiger partial charge in [0.2, 0.25) is 0 Å². The van der Waals surface area contributed by atoms with Crippen molar-refractivity contribution in [1.82, 2.24) is 20.1 Å². The van der Waals surface area contributed by atoms with Crippen molar-refractivity contribution < 1.29 is 9.72 Å². The fourth-order valence-electron chi connectivity index (χ4n) is 2.38. The second-order valence-electron chi connectivity index (χ2n) is 5.37. The molecular weight excluding hydrogens is 390 g/mol. The summed E-state index contributed by atoms with van der Waals surface area (Å²) in [6.45, 7) is 1.83. The van der Waals surface area contributed by atoms with E-state index in [2.05, 4.69) is 31.4 Å². The standard InChI is InChI=1S/C16H14BrN5O3/c1-10(11-4-6-12(7-5-11)21-8-2-3-9-21)18-16(23)14-13(17)15(20-19-14)22(24)25/h2-10H,1H3,(H,18,23)(H,19,20). The van der Waals surface area contributed by atoms with Gasteiger partial charge in [0.25, 0.3) is 5.91 Å². The van der Waals surface area contributed by atoms with Crippen LogP contribution in [0.25, 0.3) is 5.69 Å². The van der Waals surface area contributed by atoms with Gasteiger partial charge in [0.05, 0.1) is 6.04 Å². The molecule has 3 rings (SSSR count). The third-order valence-corrected chi connectivity index (χ3v) is 4.48. The fraction of sp³-hybridized carbons (Fsp3) is 0.125. The minimum Gasteiger partial charge on any atom is -0.358 e. The van der Waals surface area contributed by atoms with Gasteiger partial charge in [-0.05, 0) is 57.6 Å². The number of H-pyrrole nitrogens is 1. The molecule has 128 valence electrons. The number of benzene rings is 1. The molecule has 9 heteroatoms. The summed E-state index contributed by atoms with van der Waals surface area (Å²) in [4.78, 5) is 22.4. The van der Waals surface area contributed by atoms with Crippen LogP contribution in [0.5, 0.6) is 0 Å². The Balaban J connectivity index is 1.72. The zero-order valence-electron chi connectivity index (χ0n) is 13.1. The van der Waals surface area contributed by atoms with Crippen LogP contribution in [-0.4, -0.2) is 25.6 Å². The molecule has 8 nitrogen and oxygen atoms in total. The van der Waals surface area contributed by atoms with Crippen molar-refractivity contribution in [2.24, 2.45) is 0 Å². The molecular formula is C16H14BrN5O3. The summed E-state index contributed by atoms with van der Waals surface area (Å²) >= 11 is 3.03. The van der Waals surface area contributed by atoms with Crippen LogP contribution in [0, 0.1) is 10.1 Å². The highest BCUT2D eigenvalue weighted by atomic mass is 79.9. The molecule has 1 unspecified atom stereocenters. The molecule has 0 aliphatic heterocycles. The number of nitrogens with one attached hydrogen (secondary N) is 2. The van der Waals surface area contributed by atoms with E-state index >= 15 is 0 Å². The number of rotatable bonds is 5. The van der Waals surface area contributed by atoms with Crippen LogP contribution < -0.4 is 5.32 Å². The first-order chi connectivity index (χ1) is 12.0. The number of halogens is 1. The number of nitro groups is 1. The minimum atomic E-state index is -0.642. The van der Waals surface area contributed by atoms with Crippen LogP contribution in [0.1, 0.15) is 29.0 Å². The first kappa shape index (κ1) is 16.9. The SMILES string of the molecule is CC(NC(=O)c1n[nH]c([N+](=O)[O-])c1Br)c1ccc(-n2cccc2)cc1. The summed E-state index contributed by atoms with van der Waals surface area (Å²) in [6, 6.07) is 11.3. The predicted molar refractivity (Wildman–Crippen MR) is 94.6 cm³/mol. The predicted octanol–water partition coefficient (Wildman–Crippen LogP) is 3.36. The number of hydrogen-bond acceptors (Lipinski definition) is 4. The Hall–Kier alpha value is -2.94. The second kappa shape index (κ2) is 6.89. The van der Waals surface area contributed by atoms with Crippen molar-refractivity contribution in [2.75, 3.05) is 0 Å². The number of carbonyl (C=O) groups is 1. The Labute approximate surface area is 151 Å². The smallest absolute Gasteiger partial charge is 0.357 e. The molecule has 2 aromatic heterocycles. The molecule has 0 saturated heterocycles. The fourth-order valence-corrected chi connectivity index (χ4v) is 2.88. The third-order valence-electron chi connectivity index (χ3n) is 3.73. The van der Waals surface area contributed by atoms with E-state index in [1.807, 2.05) is 60.3 Å². The van der Waals surface area contributed by atoms with E-state index in [-0.39, 0.29) is 22.0 Å². The lowest BCUT2D eigenvalue weighted by molar-refractivity contribution is -0.390. The molecule has 1 aromatic carbocycles. The van der Waals surface area contributed by atoms with E-state index < -0.39 is 10.8 Å². The molecule has 0 saturated carbocycles. The largest absolute Gasteiger partial charge is 0.358 e. The van der Waals surface area contributed by atoms with E-state index in [9.17, 15) is 14.9 Å². The summed E-state index contributed by atoms with van der Waals surface area (Å²) in [7, 11) is 0. The maximum atomic E-state index is 12.3. The Morgan fingerprint density at radius 3 is 2.52 bits per heavy atom. The van der Waals surface area contributed by atoms with Gasteiger partial charge in [0.1, 0.15) is 4.47 Å². The van der Waals surface area contributed by atoms with Gasteiger partial charge in [-0.2, -0.15) is 0 Å². The van der Waals surface area contributed by atoms with Gasteiger partial charge in [-0.25, -0.2) is 0 Å². The molecule has 1 amide bonds. The zero-order chi connectivity index (χ0) is 18.0. The summed E-state index contributed by atoms with van der Waals surface area (Å²) < 4.78 is 2.01. The molecule has 0 spiro atoms. The van der Waals surface area contributed by atoms with Gasteiger partial charge in [-0.1, -0.05) is 17.2 Å². The number of carbonyl (C=O) groups excluding carboxylic acids is 1. The van der Waals surface area contributed by atoms with Crippen LogP contribution in [0.3, 0.4) is 0 Å². The number of aromatic nitrogens is 3. The van der Waals surface area contributed by atoms with Gasteiger partial charge in [0.15, 0.2) is 5.69 Å². The van der Waals surface area contributed by atoms with E-state index in [1.165, 1.54) is 0 Å². The first-order valence-corrected chi connectivity index (χ1v) is 8.19. The number of amides is 1. The second-order valence-corrected chi connectivity index (χ2v) is 6.16. The Morgan fingerprint density at radius 1 is 1.32 bits per heavy atom. The van der Waals surface area contributed by atoms with Crippen molar-refractivity contribution >= 4 is 27.7 Å². The lowest BCUT2D eigenvalue weighted by Gasteiger charge is -2.14. The van der Waals surface area contributed by atoms with Gasteiger partial charge in [-0.15, -0.1) is 5.10 Å². The van der Waals surface area contributed by atoms with Crippen LogP contribution in [0.15, 0.2) is 53.3 Å². The molecule has 3 aromatic rings. The van der Waals surface area contributed by atoms with E-state index in [0.717, 1.165) is 11.3 Å². The van der Waals surface area contributed by atoms with Gasteiger partial charge in [-0.3, -0.25) is 4.79 Å². The summed E-state index contributed by atoms with van der Waals surface area (Å²) in [5.41, 5.74) is 1.87. The molecule has 1 atom stereocenters. The lowest BCUT2D eigenvalue weighted by Crippen LogP contribution is -2.27. The highest BCUT2D eigenvalue weighted by molar-refractivity contribution is 9.10. The molecule has 0 radical (unpaired) electrons. The first-order valence-electron chi connectivity index (χ1n) is 7.40. The average Bonchev–Trinajstić information content (AvgIpc) is 3.24. The molecule has 2 N–H and O–H groups in total. The molecule has 25 heavy (non-hydrogen) atoms. The molecule has 0 aliphatic rings. The van der Waals surface area contributed by atoms with Gasteiger partial charge in [0, 0.05) is 18.1 Å². The topological polar surface area (TPSA) is 106 Å². The maximum absolute atomic E-state index is 12.3. The molecule has 0 aliphatic carbocycles. The Morgan fingerprint density at radius 2 is 1.96 bits per heavy atom. The Kier molecular flexibility index (Phi) is 4.66. The van der Waals surface area contributed by atoms with Crippen molar-refractivity contribution in [3.8, 4) is 5.69 Å². The third kappa shape index (κ3) is 3.45. The quantitative estimate of drug-likeness (QED) is 0.502. The molecule has 0 fully saturated rings. The van der Waals surface area contributed by atoms with Crippen LogP contribution in [0.4, 0.5) is 5.82 Å². The van der Waals surface area contributed by atoms with Crippen molar-refractivity contribution in [3.05, 3.63) is 74.6 Å². The number of aromatic amines is 1. The van der Waals surface area contributed by atoms with Crippen LogP contribution in [-0.2, 0) is 0 Å². The summed E-state index contributed by atoms with van der Waals surface area (Å²) in [5.74, 6) is -0.855. The number of hydrogen-bond donors (Lipinski definition) is 2. The summed E-state index contributed by atoms with van der Waals surface area (Å²) in [5, 5.41) is 19.5. The average molecular weight is 404 g/mol. The van der Waals surface area contributed by atoms with E-state index in [1.54, 1.807) is 0 Å². The van der Waals surface area contributed by atoms with Crippen LogP contribution in [0.2, 0.25) is 0 Å². The van der Waals surface area contributed by atoms with Crippen molar-refractivity contribution in [2.45, 2.75) is 13.0 Å². The van der Waals surface area contributed by atoms with E-state index in [0.29, 0.717) is 0 Å². The minimum absolute atomic E-state index is 0.0326. The monoisotopic (exact) mass is 403 g/mol. The molecule has 2 heterocycles. The zero-order valence-corrected chi connectivity index (χ0v) is 14.7. The summed E-state index contributed by atoms with van der Waals surface area (Å²) in [6.07, 6.45) is 3.89. The van der Waals surface area contributed by atoms with Gasteiger partial charge < -0.3 is 20.0 Å². The van der Waals surface area contributed by atoms with E-state index in [4.69, 9.17) is 0 Å². The highest BCUT2D eigenvalue weighted by Gasteiger charge is 2.25. The normalized spacial score (nSPS) is 11.9. The molecule has 0 bridgehead atoms. The van der Waals surface area contributed by atoms with Crippen LogP contribution >= 0.6 is 15.9 Å². The van der Waals surface area contributed by atoms with Crippen molar-refractivity contribution in [3.63, 3.8) is 0 Å². The lowest BCUT2D eigenvalue weighted by atomic mass is 10.1. The Bertz CT molecular complexity index is 903.